The second-order valence-corrected chi connectivity index (χ2v) is 7.89. The molecule has 0 radical (unpaired) electrons. The third-order valence-corrected chi connectivity index (χ3v) is 5.39. The van der Waals surface area contributed by atoms with E-state index < -0.39 is 0 Å². The normalized spacial score (nSPS) is 15.1. The van der Waals surface area contributed by atoms with Crippen molar-refractivity contribution in [2.75, 3.05) is 5.75 Å². The Kier molecular flexibility index (Phi) is 6.57. The van der Waals surface area contributed by atoms with Gasteiger partial charge in [0.15, 0.2) is 5.16 Å². The van der Waals surface area contributed by atoms with Gasteiger partial charge >= 0.3 is 0 Å². The molecular weight excluding hydrogens is 377 g/mol. The minimum Gasteiger partial charge on any atom is -0.353 e. The van der Waals surface area contributed by atoms with Crippen LogP contribution in [-0.2, 0) is 4.79 Å². The van der Waals surface area contributed by atoms with E-state index in [0.29, 0.717) is 27.0 Å². The molecule has 0 atom stereocenters. The van der Waals surface area contributed by atoms with Crippen LogP contribution in [0.5, 0.6) is 0 Å². The number of nitrogens with one attached hydrogen (secondary N) is 1. The molecule has 1 saturated carbocycles. The first-order valence-corrected chi connectivity index (χ1v) is 10.1. The third-order valence-electron chi connectivity index (χ3n) is 4.09. The lowest BCUT2D eigenvalue weighted by Crippen LogP contribution is -2.37. The lowest BCUT2D eigenvalue weighted by atomic mass is 9.95. The Balaban J connectivity index is 1.60. The van der Waals surface area contributed by atoms with Crippen LogP contribution in [0.4, 0.5) is 0 Å². The molecule has 1 N–H and O–H groups in total. The quantitative estimate of drug-likeness (QED) is 0.571. The fourth-order valence-electron chi connectivity index (χ4n) is 2.92. The lowest BCUT2D eigenvalue weighted by molar-refractivity contribution is -0.119. The highest BCUT2D eigenvalue weighted by molar-refractivity contribution is 7.99. The molecule has 1 heterocycles. The van der Waals surface area contributed by atoms with E-state index in [1.165, 1.54) is 31.0 Å². The number of thioether (sulfide) groups is 1. The number of aromatic nitrogens is 2. The summed E-state index contributed by atoms with van der Waals surface area (Å²) in [5.74, 6) is 0.354. The zero-order chi connectivity index (χ0) is 17.6. The highest BCUT2D eigenvalue weighted by Crippen LogP contribution is 2.27. The number of rotatable bonds is 5. The van der Waals surface area contributed by atoms with Gasteiger partial charge in [-0.2, -0.15) is 0 Å². The molecule has 2 aromatic rings. The molecular formula is C18H19Cl2N3OS. The van der Waals surface area contributed by atoms with Crippen LogP contribution in [0.3, 0.4) is 0 Å². The summed E-state index contributed by atoms with van der Waals surface area (Å²) in [6.45, 7) is 0. The molecule has 132 valence electrons. The Morgan fingerprint density at radius 3 is 2.60 bits per heavy atom. The van der Waals surface area contributed by atoms with Crippen LogP contribution >= 0.6 is 35.0 Å². The van der Waals surface area contributed by atoms with Gasteiger partial charge in [-0.05, 0) is 37.1 Å². The molecule has 25 heavy (non-hydrogen) atoms. The molecule has 0 bridgehead atoms. The van der Waals surface area contributed by atoms with E-state index in [4.69, 9.17) is 23.2 Å². The van der Waals surface area contributed by atoms with E-state index in [2.05, 4.69) is 15.3 Å². The van der Waals surface area contributed by atoms with Gasteiger partial charge in [0, 0.05) is 27.8 Å². The first-order chi connectivity index (χ1) is 12.1. The second kappa shape index (κ2) is 8.88. The first kappa shape index (κ1) is 18.5. The van der Waals surface area contributed by atoms with Gasteiger partial charge in [0.2, 0.25) is 5.91 Å². The highest BCUT2D eigenvalue weighted by Gasteiger charge is 2.16. The summed E-state index contributed by atoms with van der Waals surface area (Å²) in [6, 6.07) is 7.41. The van der Waals surface area contributed by atoms with Gasteiger partial charge in [-0.1, -0.05) is 54.2 Å². The Morgan fingerprint density at radius 2 is 1.88 bits per heavy atom. The maximum absolute atomic E-state index is 12.1. The second-order valence-electron chi connectivity index (χ2n) is 6.07. The highest BCUT2D eigenvalue weighted by atomic mass is 35.5. The molecule has 0 unspecified atom stereocenters. The van der Waals surface area contributed by atoms with E-state index in [0.717, 1.165) is 24.1 Å². The van der Waals surface area contributed by atoms with Crippen LogP contribution in [-0.4, -0.2) is 27.7 Å². The van der Waals surface area contributed by atoms with Crippen molar-refractivity contribution in [2.45, 2.75) is 43.3 Å². The van der Waals surface area contributed by atoms with Crippen molar-refractivity contribution in [3.8, 4) is 11.3 Å². The predicted molar refractivity (Wildman–Crippen MR) is 103 cm³/mol. The molecule has 0 spiro atoms. The maximum Gasteiger partial charge on any atom is 0.230 e. The number of nitrogens with zero attached hydrogens (tertiary/aromatic N) is 2. The number of amides is 1. The van der Waals surface area contributed by atoms with Crippen LogP contribution in [0.1, 0.15) is 32.1 Å². The largest absolute Gasteiger partial charge is 0.353 e. The molecule has 1 fully saturated rings. The first-order valence-electron chi connectivity index (χ1n) is 8.32. The average molecular weight is 396 g/mol. The van der Waals surface area contributed by atoms with Crippen LogP contribution in [0, 0.1) is 0 Å². The van der Waals surface area contributed by atoms with E-state index in [1.54, 1.807) is 30.5 Å². The molecule has 1 aromatic heterocycles. The van der Waals surface area contributed by atoms with Gasteiger partial charge in [0.25, 0.3) is 0 Å². The van der Waals surface area contributed by atoms with Crippen molar-refractivity contribution >= 4 is 40.9 Å². The summed E-state index contributed by atoms with van der Waals surface area (Å²) >= 11 is 13.4. The van der Waals surface area contributed by atoms with Gasteiger partial charge in [-0.3, -0.25) is 4.79 Å². The number of halogens is 2. The van der Waals surface area contributed by atoms with Crippen molar-refractivity contribution in [1.29, 1.82) is 0 Å². The molecule has 0 aliphatic heterocycles. The van der Waals surface area contributed by atoms with Crippen molar-refractivity contribution < 1.29 is 4.79 Å². The summed E-state index contributed by atoms with van der Waals surface area (Å²) < 4.78 is 0. The number of benzene rings is 1. The van der Waals surface area contributed by atoms with Crippen molar-refractivity contribution in [3.63, 3.8) is 0 Å². The van der Waals surface area contributed by atoms with Crippen molar-refractivity contribution in [1.82, 2.24) is 15.3 Å². The smallest absolute Gasteiger partial charge is 0.230 e. The third kappa shape index (κ3) is 5.59. The molecule has 1 aliphatic carbocycles. The van der Waals surface area contributed by atoms with E-state index in [9.17, 15) is 4.79 Å². The fourth-order valence-corrected chi connectivity index (χ4v) is 4.09. The van der Waals surface area contributed by atoms with E-state index in [-0.39, 0.29) is 5.91 Å². The summed E-state index contributed by atoms with van der Waals surface area (Å²) in [5.41, 5.74) is 1.56. The van der Waals surface area contributed by atoms with Gasteiger partial charge in [-0.25, -0.2) is 9.97 Å². The standard InChI is InChI=1S/C18H19Cl2N3OS/c19-13-8-12(9-14(20)10-13)16-6-7-21-18(23-16)25-11-17(24)22-15-4-2-1-3-5-15/h6-10,15H,1-5,11H2,(H,22,24). The fraction of sp³-hybridized carbons (Fsp3) is 0.389. The molecule has 1 aromatic carbocycles. The Bertz CT molecular complexity index is 731. The van der Waals surface area contributed by atoms with Gasteiger partial charge in [0.05, 0.1) is 11.4 Å². The van der Waals surface area contributed by atoms with E-state index >= 15 is 0 Å². The summed E-state index contributed by atoms with van der Waals surface area (Å²) in [7, 11) is 0. The molecule has 1 aliphatic rings. The number of hydrogen-bond acceptors (Lipinski definition) is 4. The van der Waals surface area contributed by atoms with Crippen LogP contribution in [0.2, 0.25) is 10.0 Å². The Morgan fingerprint density at radius 1 is 1.16 bits per heavy atom. The average Bonchev–Trinajstić information content (AvgIpc) is 2.60. The van der Waals surface area contributed by atoms with Crippen molar-refractivity contribution in [2.24, 2.45) is 0 Å². The summed E-state index contributed by atoms with van der Waals surface area (Å²) in [4.78, 5) is 20.8. The zero-order valence-electron chi connectivity index (χ0n) is 13.7. The molecule has 4 nitrogen and oxygen atoms in total. The number of carbonyl (C=O) groups excluding carboxylic acids is 1. The molecule has 1 amide bonds. The van der Waals surface area contributed by atoms with Crippen LogP contribution < -0.4 is 5.32 Å². The predicted octanol–water partition coefficient (Wildman–Crippen LogP) is 4.99. The van der Waals surface area contributed by atoms with Crippen LogP contribution in [0.25, 0.3) is 11.3 Å². The number of carbonyl (C=O) groups is 1. The Hall–Kier alpha value is -1.30. The summed E-state index contributed by atoms with van der Waals surface area (Å²) in [6.07, 6.45) is 7.51. The summed E-state index contributed by atoms with van der Waals surface area (Å²) in [5, 5.41) is 4.78. The van der Waals surface area contributed by atoms with Crippen molar-refractivity contribution in [3.05, 3.63) is 40.5 Å². The molecule has 0 saturated heterocycles. The zero-order valence-corrected chi connectivity index (χ0v) is 16.0. The van der Waals surface area contributed by atoms with Crippen LogP contribution in [0.15, 0.2) is 35.6 Å². The molecule has 7 heteroatoms. The monoisotopic (exact) mass is 395 g/mol. The van der Waals surface area contributed by atoms with Gasteiger partial charge in [-0.15, -0.1) is 0 Å². The number of hydrogen-bond donors (Lipinski definition) is 1. The molecule has 3 rings (SSSR count). The van der Waals surface area contributed by atoms with Gasteiger partial charge < -0.3 is 5.32 Å². The lowest BCUT2D eigenvalue weighted by Gasteiger charge is -2.22. The topological polar surface area (TPSA) is 54.9 Å². The maximum atomic E-state index is 12.1. The SMILES string of the molecule is O=C(CSc1nccc(-c2cc(Cl)cc(Cl)c2)n1)NC1CCCCC1. The minimum atomic E-state index is 0.0386. The minimum absolute atomic E-state index is 0.0386. The van der Waals surface area contributed by atoms with E-state index in [1.807, 2.05) is 0 Å². The van der Waals surface area contributed by atoms with Gasteiger partial charge in [0.1, 0.15) is 0 Å². The Labute approximate surface area is 161 Å².